The molecular weight excluding hydrogens is 284 g/mol. The minimum atomic E-state index is -3.61. The first-order valence-electron chi connectivity index (χ1n) is 5.89. The highest BCUT2D eigenvalue weighted by molar-refractivity contribution is 7.89. The Morgan fingerprint density at radius 1 is 1.47 bits per heavy atom. The number of nitrogens with two attached hydrogens (primary N) is 1. The van der Waals surface area contributed by atoms with Crippen LogP contribution in [0.1, 0.15) is 12.0 Å². The van der Waals surface area contributed by atoms with Crippen LogP contribution in [0.25, 0.3) is 0 Å². The van der Waals surface area contributed by atoms with Gasteiger partial charge in [-0.1, -0.05) is 30.4 Å². The number of rotatable bonds is 4. The molecule has 0 spiro atoms. The van der Waals surface area contributed by atoms with Gasteiger partial charge in [-0.3, -0.25) is 0 Å². The van der Waals surface area contributed by atoms with Gasteiger partial charge in [0.15, 0.2) is 0 Å². The Morgan fingerprint density at radius 3 is 2.74 bits per heavy atom. The van der Waals surface area contributed by atoms with Crippen LogP contribution < -0.4 is 5.73 Å². The molecule has 1 heterocycles. The van der Waals surface area contributed by atoms with Crippen LogP contribution in [0.3, 0.4) is 0 Å². The predicted molar refractivity (Wildman–Crippen MR) is 76.5 cm³/mol. The maximum Gasteiger partial charge on any atom is 0.243 e. The number of likely N-dealkylation sites (N-methyl/N-ethyl adjacent to an activating group) is 1. The van der Waals surface area contributed by atoms with Crippen LogP contribution in [0, 0.1) is 0 Å². The summed E-state index contributed by atoms with van der Waals surface area (Å²) in [6.07, 6.45) is 0.699. The average molecular weight is 300 g/mol. The van der Waals surface area contributed by atoms with Crippen LogP contribution in [0.2, 0.25) is 0 Å². The summed E-state index contributed by atoms with van der Waals surface area (Å²) in [4.78, 5) is 0.229. The van der Waals surface area contributed by atoms with Crippen LogP contribution in [-0.2, 0) is 14.8 Å². The molecule has 1 fully saturated rings. The summed E-state index contributed by atoms with van der Waals surface area (Å²) in [7, 11) is -2.05. The van der Waals surface area contributed by atoms with E-state index < -0.39 is 10.0 Å². The number of benzene rings is 1. The normalized spacial score (nSPS) is 19.8. The summed E-state index contributed by atoms with van der Waals surface area (Å²) >= 11 is 4.91. The maximum atomic E-state index is 12.6. The number of hydrogen-bond acceptors (Lipinski definition) is 4. The highest BCUT2D eigenvalue weighted by Gasteiger charge is 2.32. The lowest BCUT2D eigenvalue weighted by molar-refractivity contribution is 0.181. The Labute approximate surface area is 118 Å². The number of nitrogens with zero attached hydrogens (tertiary/aromatic N) is 1. The molecule has 2 rings (SSSR count). The van der Waals surface area contributed by atoms with Crippen molar-refractivity contribution < 1.29 is 13.2 Å². The third-order valence-electron chi connectivity index (χ3n) is 3.23. The lowest BCUT2D eigenvalue weighted by atomic mass is 10.2. The molecule has 1 aliphatic heterocycles. The van der Waals surface area contributed by atoms with Crippen molar-refractivity contribution in [2.24, 2.45) is 5.73 Å². The van der Waals surface area contributed by atoms with Gasteiger partial charge in [0.05, 0.1) is 17.5 Å². The largest absolute Gasteiger partial charge is 0.389 e. The molecule has 0 radical (unpaired) electrons. The molecule has 0 amide bonds. The third kappa shape index (κ3) is 2.79. The molecule has 0 aliphatic carbocycles. The number of thiocarbonyl (C=S) groups is 1. The van der Waals surface area contributed by atoms with Crippen molar-refractivity contribution in [3.63, 3.8) is 0 Å². The van der Waals surface area contributed by atoms with Gasteiger partial charge in [-0.05, 0) is 12.5 Å². The van der Waals surface area contributed by atoms with Gasteiger partial charge in [-0.25, -0.2) is 8.42 Å². The molecule has 19 heavy (non-hydrogen) atoms. The topological polar surface area (TPSA) is 72.6 Å². The second-order valence-electron chi connectivity index (χ2n) is 4.40. The molecule has 104 valence electrons. The van der Waals surface area contributed by atoms with E-state index in [0.29, 0.717) is 25.2 Å². The predicted octanol–water partition coefficient (Wildman–Crippen LogP) is 0.730. The van der Waals surface area contributed by atoms with E-state index in [4.69, 9.17) is 22.7 Å². The van der Waals surface area contributed by atoms with Crippen molar-refractivity contribution in [1.29, 1.82) is 0 Å². The van der Waals surface area contributed by atoms with Gasteiger partial charge in [0, 0.05) is 19.2 Å². The van der Waals surface area contributed by atoms with Gasteiger partial charge in [0.25, 0.3) is 0 Å². The van der Waals surface area contributed by atoms with Crippen LogP contribution in [0.15, 0.2) is 29.2 Å². The fourth-order valence-electron chi connectivity index (χ4n) is 2.06. The smallest absolute Gasteiger partial charge is 0.243 e. The lowest BCUT2D eigenvalue weighted by Gasteiger charge is -2.23. The van der Waals surface area contributed by atoms with Gasteiger partial charge in [0.1, 0.15) is 4.99 Å². The van der Waals surface area contributed by atoms with E-state index in [1.54, 1.807) is 25.2 Å². The molecular formula is C12H16N2O3S2. The summed E-state index contributed by atoms with van der Waals surface area (Å²) in [5, 5.41) is 0. The molecule has 5 nitrogen and oxygen atoms in total. The molecule has 0 aromatic heterocycles. The van der Waals surface area contributed by atoms with Crippen molar-refractivity contribution >= 4 is 27.2 Å². The summed E-state index contributed by atoms with van der Waals surface area (Å²) in [6, 6.07) is 6.38. The molecule has 1 aromatic rings. The van der Waals surface area contributed by atoms with Crippen LogP contribution in [0.5, 0.6) is 0 Å². The van der Waals surface area contributed by atoms with E-state index in [0.717, 1.165) is 0 Å². The summed E-state index contributed by atoms with van der Waals surface area (Å²) in [5.74, 6) is 0. The van der Waals surface area contributed by atoms with E-state index in [1.165, 1.54) is 10.4 Å². The van der Waals surface area contributed by atoms with Gasteiger partial charge in [-0.2, -0.15) is 4.31 Å². The first-order chi connectivity index (χ1) is 8.94. The Morgan fingerprint density at radius 2 is 2.16 bits per heavy atom. The van der Waals surface area contributed by atoms with Gasteiger partial charge >= 0.3 is 0 Å². The fraction of sp³-hybridized carbons (Fsp3) is 0.417. The monoisotopic (exact) mass is 300 g/mol. The Bertz CT molecular complexity index is 580. The SMILES string of the molecule is CN(C1CCOC1)S(=O)(=O)c1ccccc1C(N)=S. The van der Waals surface area contributed by atoms with Crippen LogP contribution in [-0.4, -0.2) is 44.0 Å². The lowest BCUT2D eigenvalue weighted by Crippen LogP contribution is -2.38. The summed E-state index contributed by atoms with van der Waals surface area (Å²) in [5.41, 5.74) is 5.97. The molecule has 7 heteroatoms. The van der Waals surface area contributed by atoms with Crippen molar-refractivity contribution in [3.05, 3.63) is 29.8 Å². The molecule has 2 N–H and O–H groups in total. The zero-order valence-corrected chi connectivity index (χ0v) is 12.2. The molecule has 1 saturated heterocycles. The number of hydrogen-bond donors (Lipinski definition) is 1. The maximum absolute atomic E-state index is 12.6. The van der Waals surface area contributed by atoms with Crippen LogP contribution >= 0.6 is 12.2 Å². The molecule has 1 aliphatic rings. The van der Waals surface area contributed by atoms with E-state index in [-0.39, 0.29) is 15.9 Å². The van der Waals surface area contributed by atoms with E-state index in [1.807, 2.05) is 0 Å². The fourth-order valence-corrected chi connectivity index (χ4v) is 3.87. The minimum absolute atomic E-state index is 0.0789. The summed E-state index contributed by atoms with van der Waals surface area (Å²) in [6.45, 7) is 1.01. The first-order valence-corrected chi connectivity index (χ1v) is 7.74. The van der Waals surface area contributed by atoms with Crippen molar-refractivity contribution in [1.82, 2.24) is 4.31 Å². The molecule has 1 unspecified atom stereocenters. The molecule has 1 aromatic carbocycles. The average Bonchev–Trinajstić information content (AvgIpc) is 2.91. The van der Waals surface area contributed by atoms with Gasteiger partial charge in [-0.15, -0.1) is 0 Å². The Hall–Kier alpha value is -1.02. The number of ether oxygens (including phenoxy) is 1. The number of sulfonamides is 1. The second-order valence-corrected chi connectivity index (χ2v) is 6.80. The van der Waals surface area contributed by atoms with E-state index in [2.05, 4.69) is 0 Å². The highest BCUT2D eigenvalue weighted by atomic mass is 32.2. The van der Waals surface area contributed by atoms with Crippen molar-refractivity contribution in [2.45, 2.75) is 17.4 Å². The van der Waals surface area contributed by atoms with Crippen molar-refractivity contribution in [3.8, 4) is 0 Å². The van der Waals surface area contributed by atoms with Gasteiger partial charge in [0.2, 0.25) is 10.0 Å². The second kappa shape index (κ2) is 5.54. The summed E-state index contributed by atoms with van der Waals surface area (Å²) < 4.78 is 31.8. The van der Waals surface area contributed by atoms with Gasteiger partial charge < -0.3 is 10.5 Å². The molecule has 0 saturated carbocycles. The minimum Gasteiger partial charge on any atom is -0.389 e. The zero-order valence-electron chi connectivity index (χ0n) is 10.6. The van der Waals surface area contributed by atoms with E-state index in [9.17, 15) is 8.42 Å². The zero-order chi connectivity index (χ0) is 14.0. The van der Waals surface area contributed by atoms with Crippen LogP contribution in [0.4, 0.5) is 0 Å². The van der Waals surface area contributed by atoms with E-state index >= 15 is 0 Å². The quantitative estimate of drug-likeness (QED) is 0.830. The molecule has 1 atom stereocenters. The Balaban J connectivity index is 2.41. The third-order valence-corrected chi connectivity index (χ3v) is 5.42. The van der Waals surface area contributed by atoms with Crippen molar-refractivity contribution in [2.75, 3.05) is 20.3 Å². The standard InChI is InChI=1S/C12H16N2O3S2/c1-14(9-6-7-17-8-9)19(15,16)11-5-3-2-4-10(11)12(13)18/h2-5,9H,6-8H2,1H3,(H2,13,18). The first kappa shape index (κ1) is 14.4. The highest BCUT2D eigenvalue weighted by Crippen LogP contribution is 2.23. The Kier molecular flexibility index (Phi) is 4.19. The molecule has 0 bridgehead atoms.